The number of ether oxygens (including phenoxy) is 1. The van der Waals surface area contributed by atoms with E-state index in [1.54, 1.807) is 30.3 Å². The van der Waals surface area contributed by atoms with Crippen molar-refractivity contribution in [2.75, 3.05) is 11.9 Å². The fourth-order valence-corrected chi connectivity index (χ4v) is 3.44. The Labute approximate surface area is 167 Å². The number of rotatable bonds is 6. The number of hydrogen-bond acceptors (Lipinski definition) is 5. The number of nitrogens with one attached hydrogen (secondary N) is 1. The molecule has 3 rings (SSSR count). The van der Waals surface area contributed by atoms with Crippen LogP contribution >= 0.6 is 11.8 Å². The lowest BCUT2D eigenvalue weighted by molar-refractivity contribution is -0.127. The van der Waals surface area contributed by atoms with Crippen molar-refractivity contribution in [3.63, 3.8) is 0 Å². The van der Waals surface area contributed by atoms with Crippen molar-refractivity contribution in [2.24, 2.45) is 0 Å². The van der Waals surface area contributed by atoms with Crippen molar-refractivity contribution in [2.45, 2.75) is 20.0 Å². The van der Waals surface area contributed by atoms with E-state index < -0.39 is 17.1 Å². The highest BCUT2D eigenvalue weighted by atomic mass is 32.2. The van der Waals surface area contributed by atoms with Crippen LogP contribution in [0, 0.1) is 0 Å². The highest BCUT2D eigenvalue weighted by Crippen LogP contribution is 2.32. The summed E-state index contributed by atoms with van der Waals surface area (Å²) in [4.78, 5) is 38.4. The molecule has 3 amide bonds. The van der Waals surface area contributed by atoms with Gasteiger partial charge in [0, 0.05) is 0 Å². The van der Waals surface area contributed by atoms with Crippen molar-refractivity contribution >= 4 is 40.6 Å². The number of para-hydroxylation sites is 2. The van der Waals surface area contributed by atoms with Crippen molar-refractivity contribution < 1.29 is 19.1 Å². The minimum absolute atomic E-state index is 0.0538. The van der Waals surface area contributed by atoms with Gasteiger partial charge < -0.3 is 10.1 Å². The summed E-state index contributed by atoms with van der Waals surface area (Å²) in [7, 11) is 0. The van der Waals surface area contributed by atoms with Crippen LogP contribution in [0.25, 0.3) is 6.08 Å². The average Bonchev–Trinajstić information content (AvgIpc) is 2.91. The molecule has 0 saturated carbocycles. The molecule has 0 bridgehead atoms. The molecular formula is C21H20N2O4S. The van der Waals surface area contributed by atoms with Gasteiger partial charge in [-0.1, -0.05) is 42.5 Å². The van der Waals surface area contributed by atoms with Crippen LogP contribution in [0.3, 0.4) is 0 Å². The molecule has 1 aliphatic rings. The van der Waals surface area contributed by atoms with Crippen LogP contribution in [-0.2, 0) is 9.59 Å². The standard InChI is InChI=1S/C21H20N2O4S/c1-14(2)27-17-11-7-6-10-16(17)22-19(24)13-23-20(25)18(28-21(23)26)12-15-8-4-3-5-9-15/h3-12,14H,13H2,1-2H3,(H,22,24)/b18-12+. The third kappa shape index (κ3) is 4.80. The smallest absolute Gasteiger partial charge is 0.294 e. The number of anilines is 1. The van der Waals surface area contributed by atoms with Gasteiger partial charge in [-0.2, -0.15) is 0 Å². The van der Waals surface area contributed by atoms with E-state index in [9.17, 15) is 14.4 Å². The quantitative estimate of drug-likeness (QED) is 0.743. The monoisotopic (exact) mass is 396 g/mol. The Balaban J connectivity index is 1.69. The van der Waals surface area contributed by atoms with Crippen LogP contribution in [0.2, 0.25) is 0 Å². The van der Waals surface area contributed by atoms with Crippen LogP contribution in [-0.4, -0.2) is 34.6 Å². The molecule has 0 spiro atoms. The molecule has 0 aromatic heterocycles. The number of imide groups is 1. The maximum absolute atomic E-state index is 12.5. The van der Waals surface area contributed by atoms with Gasteiger partial charge in [-0.05, 0) is 49.4 Å². The van der Waals surface area contributed by atoms with Gasteiger partial charge in [0.1, 0.15) is 12.3 Å². The first kappa shape index (κ1) is 19.7. The minimum Gasteiger partial charge on any atom is -0.489 e. The fourth-order valence-electron chi connectivity index (χ4n) is 2.60. The maximum atomic E-state index is 12.5. The molecule has 28 heavy (non-hydrogen) atoms. The minimum atomic E-state index is -0.472. The summed E-state index contributed by atoms with van der Waals surface area (Å²) < 4.78 is 5.67. The summed E-state index contributed by atoms with van der Waals surface area (Å²) in [5.74, 6) is -0.409. The van der Waals surface area contributed by atoms with E-state index in [2.05, 4.69) is 5.32 Å². The molecule has 6 nitrogen and oxygen atoms in total. The lowest BCUT2D eigenvalue weighted by Crippen LogP contribution is -2.36. The van der Waals surface area contributed by atoms with Crippen LogP contribution in [0.5, 0.6) is 5.75 Å². The first-order valence-corrected chi connectivity index (χ1v) is 9.61. The highest BCUT2D eigenvalue weighted by Gasteiger charge is 2.36. The summed E-state index contributed by atoms with van der Waals surface area (Å²) in [6, 6.07) is 16.3. The van der Waals surface area contributed by atoms with Gasteiger partial charge in [0.15, 0.2) is 0 Å². The van der Waals surface area contributed by atoms with E-state index in [1.807, 2.05) is 44.2 Å². The molecule has 2 aromatic carbocycles. The lowest BCUT2D eigenvalue weighted by atomic mass is 10.2. The molecule has 7 heteroatoms. The summed E-state index contributed by atoms with van der Waals surface area (Å²) in [6.45, 7) is 3.42. The highest BCUT2D eigenvalue weighted by molar-refractivity contribution is 8.18. The van der Waals surface area contributed by atoms with Crippen LogP contribution < -0.4 is 10.1 Å². The second kappa shape index (κ2) is 8.75. The van der Waals surface area contributed by atoms with Gasteiger partial charge in [0.2, 0.25) is 5.91 Å². The topological polar surface area (TPSA) is 75.7 Å². The second-order valence-corrected chi connectivity index (χ2v) is 7.38. The van der Waals surface area contributed by atoms with E-state index >= 15 is 0 Å². The Morgan fingerprint density at radius 2 is 1.79 bits per heavy atom. The van der Waals surface area contributed by atoms with E-state index in [0.29, 0.717) is 16.3 Å². The molecule has 2 aromatic rings. The molecular weight excluding hydrogens is 376 g/mol. The Bertz CT molecular complexity index is 925. The van der Waals surface area contributed by atoms with Crippen LogP contribution in [0.1, 0.15) is 19.4 Å². The molecule has 0 radical (unpaired) electrons. The van der Waals surface area contributed by atoms with Gasteiger partial charge in [-0.15, -0.1) is 0 Å². The summed E-state index contributed by atoms with van der Waals surface area (Å²) in [6.07, 6.45) is 1.59. The number of carbonyl (C=O) groups is 3. The third-order valence-corrected chi connectivity index (χ3v) is 4.70. The van der Waals surface area contributed by atoms with Crippen LogP contribution in [0.4, 0.5) is 10.5 Å². The SMILES string of the molecule is CC(C)Oc1ccccc1NC(=O)CN1C(=O)S/C(=C/c2ccccc2)C1=O. The zero-order valence-corrected chi connectivity index (χ0v) is 16.4. The molecule has 1 N–H and O–H groups in total. The van der Waals surface area contributed by atoms with Gasteiger partial charge in [0.05, 0.1) is 16.7 Å². The van der Waals surface area contributed by atoms with Gasteiger partial charge in [0.25, 0.3) is 11.1 Å². The number of thioether (sulfide) groups is 1. The first-order valence-electron chi connectivity index (χ1n) is 8.80. The number of carbonyl (C=O) groups excluding carboxylic acids is 3. The zero-order chi connectivity index (χ0) is 20.1. The number of amides is 3. The largest absolute Gasteiger partial charge is 0.489 e. The van der Waals surface area contributed by atoms with Crippen molar-refractivity contribution in [3.8, 4) is 5.75 Å². The molecule has 144 valence electrons. The molecule has 1 aliphatic heterocycles. The van der Waals surface area contributed by atoms with Crippen molar-refractivity contribution in [3.05, 3.63) is 65.1 Å². The predicted octanol–water partition coefficient (Wildman–Crippen LogP) is 4.15. The second-order valence-electron chi connectivity index (χ2n) is 6.39. The number of nitrogens with zero attached hydrogens (tertiary/aromatic N) is 1. The Hall–Kier alpha value is -3.06. The average molecular weight is 396 g/mol. The van der Waals surface area contributed by atoms with Crippen molar-refractivity contribution in [1.29, 1.82) is 0 Å². The maximum Gasteiger partial charge on any atom is 0.294 e. The molecule has 0 unspecified atom stereocenters. The summed E-state index contributed by atoms with van der Waals surface area (Å²) in [5.41, 5.74) is 1.31. The third-order valence-electron chi connectivity index (χ3n) is 3.80. The Morgan fingerprint density at radius 1 is 1.11 bits per heavy atom. The number of benzene rings is 2. The Morgan fingerprint density at radius 3 is 2.50 bits per heavy atom. The van der Waals surface area contributed by atoms with E-state index in [-0.39, 0.29) is 12.6 Å². The summed E-state index contributed by atoms with van der Waals surface area (Å²) >= 11 is 0.830. The molecule has 0 aliphatic carbocycles. The van der Waals surface area contributed by atoms with E-state index in [0.717, 1.165) is 22.2 Å². The molecule has 0 atom stereocenters. The van der Waals surface area contributed by atoms with Gasteiger partial charge >= 0.3 is 0 Å². The zero-order valence-electron chi connectivity index (χ0n) is 15.5. The molecule has 1 saturated heterocycles. The first-order chi connectivity index (χ1) is 13.4. The van der Waals surface area contributed by atoms with Gasteiger partial charge in [-0.25, -0.2) is 0 Å². The summed E-state index contributed by atoms with van der Waals surface area (Å²) in [5, 5.41) is 2.25. The normalized spacial score (nSPS) is 15.4. The Kier molecular flexibility index (Phi) is 6.16. The molecule has 1 heterocycles. The van der Waals surface area contributed by atoms with Crippen molar-refractivity contribution in [1.82, 2.24) is 4.90 Å². The van der Waals surface area contributed by atoms with E-state index in [4.69, 9.17) is 4.74 Å². The fraction of sp³-hybridized carbons (Fsp3) is 0.190. The number of hydrogen-bond donors (Lipinski definition) is 1. The van der Waals surface area contributed by atoms with Gasteiger partial charge in [-0.3, -0.25) is 19.3 Å². The van der Waals surface area contributed by atoms with Crippen LogP contribution in [0.15, 0.2) is 59.5 Å². The molecule has 1 fully saturated rings. The lowest BCUT2D eigenvalue weighted by Gasteiger charge is -2.16. The predicted molar refractivity (Wildman–Crippen MR) is 110 cm³/mol. The van der Waals surface area contributed by atoms with E-state index in [1.165, 1.54) is 0 Å².